The van der Waals surface area contributed by atoms with Crippen LogP contribution in [-0.4, -0.2) is 31.0 Å². The Bertz CT molecular complexity index is 1150. The Morgan fingerprint density at radius 3 is 2.39 bits per heavy atom. The number of ether oxygens (including phenoxy) is 1. The molecule has 0 unspecified atom stereocenters. The van der Waals surface area contributed by atoms with E-state index < -0.39 is 28.0 Å². The van der Waals surface area contributed by atoms with Crippen molar-refractivity contribution in [2.24, 2.45) is 12.2 Å². The van der Waals surface area contributed by atoms with Crippen molar-refractivity contribution in [3.8, 4) is 0 Å². The molecule has 0 aliphatic rings. The van der Waals surface area contributed by atoms with Crippen LogP contribution in [0.2, 0.25) is 0 Å². The van der Waals surface area contributed by atoms with Crippen LogP contribution in [0.5, 0.6) is 0 Å². The number of primary sulfonamides is 1. The van der Waals surface area contributed by atoms with E-state index in [0.29, 0.717) is 11.3 Å². The molecule has 1 heterocycles. The lowest BCUT2D eigenvalue weighted by Gasteiger charge is -2.13. The first kappa shape index (κ1) is 19.6. The number of carbonyl (C=O) groups is 2. The van der Waals surface area contributed by atoms with Crippen molar-refractivity contribution in [2.45, 2.75) is 17.9 Å². The molecule has 28 heavy (non-hydrogen) atoms. The van der Waals surface area contributed by atoms with Gasteiger partial charge in [-0.05, 0) is 37.3 Å². The summed E-state index contributed by atoms with van der Waals surface area (Å²) in [7, 11) is -1.99. The highest BCUT2D eigenvalue weighted by molar-refractivity contribution is 7.89. The molecule has 146 valence electrons. The molecule has 0 saturated carbocycles. The van der Waals surface area contributed by atoms with Gasteiger partial charge in [-0.3, -0.25) is 4.79 Å². The van der Waals surface area contributed by atoms with E-state index in [2.05, 4.69) is 5.32 Å². The minimum Gasteiger partial charge on any atom is -0.449 e. The van der Waals surface area contributed by atoms with Gasteiger partial charge in [0.1, 0.15) is 0 Å². The molecule has 0 aliphatic carbocycles. The summed E-state index contributed by atoms with van der Waals surface area (Å²) < 4.78 is 29.6. The average molecular weight is 401 g/mol. The van der Waals surface area contributed by atoms with Crippen molar-refractivity contribution < 1.29 is 22.7 Å². The summed E-state index contributed by atoms with van der Waals surface area (Å²) in [5.74, 6) is -1.15. The highest BCUT2D eigenvalue weighted by Gasteiger charge is 2.22. The second kappa shape index (κ2) is 7.45. The maximum atomic E-state index is 12.5. The number of rotatable bonds is 5. The van der Waals surface area contributed by atoms with E-state index in [9.17, 15) is 18.0 Å². The molecule has 3 aromatic rings. The van der Waals surface area contributed by atoms with Gasteiger partial charge in [0.15, 0.2) is 6.10 Å². The summed E-state index contributed by atoms with van der Waals surface area (Å²) in [5.41, 5.74) is 1.60. The minimum atomic E-state index is -3.81. The molecule has 2 aromatic carbocycles. The number of nitrogens with zero attached hydrogens (tertiary/aromatic N) is 1. The third kappa shape index (κ3) is 4.05. The molecular formula is C19H19N3O5S. The lowest BCUT2D eigenvalue weighted by Crippen LogP contribution is -2.30. The molecule has 1 aromatic heterocycles. The Balaban J connectivity index is 1.69. The number of nitrogens with one attached hydrogen (secondary N) is 1. The van der Waals surface area contributed by atoms with E-state index >= 15 is 0 Å². The molecule has 0 bridgehead atoms. The van der Waals surface area contributed by atoms with E-state index in [-0.39, 0.29) is 4.90 Å². The third-order valence-electron chi connectivity index (χ3n) is 4.22. The van der Waals surface area contributed by atoms with Crippen LogP contribution in [0.1, 0.15) is 17.3 Å². The van der Waals surface area contributed by atoms with Crippen molar-refractivity contribution in [1.29, 1.82) is 0 Å². The number of fused-ring (bicyclic) bond motifs is 1. The Hall–Kier alpha value is -3.17. The number of anilines is 1. The number of nitrogens with two attached hydrogens (primary N) is 1. The van der Waals surface area contributed by atoms with E-state index in [1.807, 2.05) is 35.9 Å². The highest BCUT2D eigenvalue weighted by Crippen LogP contribution is 2.21. The summed E-state index contributed by atoms with van der Waals surface area (Å²) in [5, 5.41) is 8.33. The first-order valence-electron chi connectivity index (χ1n) is 8.35. The molecule has 0 aliphatic heterocycles. The molecular weight excluding hydrogens is 382 g/mol. The Kier molecular flexibility index (Phi) is 5.21. The molecule has 0 saturated heterocycles. The average Bonchev–Trinajstić information content (AvgIpc) is 2.98. The van der Waals surface area contributed by atoms with Gasteiger partial charge in [-0.1, -0.05) is 18.2 Å². The maximum absolute atomic E-state index is 12.5. The van der Waals surface area contributed by atoms with Gasteiger partial charge in [0.25, 0.3) is 5.91 Å². The minimum absolute atomic E-state index is 0.0686. The van der Waals surface area contributed by atoms with Gasteiger partial charge in [0, 0.05) is 29.8 Å². The zero-order valence-corrected chi connectivity index (χ0v) is 16.1. The number of amides is 1. The smallest absolute Gasteiger partial charge is 0.341 e. The fourth-order valence-corrected chi connectivity index (χ4v) is 3.27. The van der Waals surface area contributed by atoms with E-state index in [1.54, 1.807) is 6.20 Å². The van der Waals surface area contributed by atoms with Gasteiger partial charge in [0.05, 0.1) is 10.5 Å². The molecule has 0 fully saturated rings. The SMILES string of the molecule is C[C@H](OC(=O)c1cn(C)c2ccccc12)C(=O)Nc1ccc(S(N)(=O)=O)cc1. The molecule has 1 atom stereocenters. The second-order valence-electron chi connectivity index (χ2n) is 6.28. The fraction of sp³-hybridized carbons (Fsp3) is 0.158. The number of carbonyl (C=O) groups excluding carboxylic acids is 2. The summed E-state index contributed by atoms with van der Waals surface area (Å²) in [6.45, 7) is 1.46. The Morgan fingerprint density at radius 1 is 1.11 bits per heavy atom. The topological polar surface area (TPSA) is 120 Å². The number of hydrogen-bond donors (Lipinski definition) is 2. The van der Waals surface area contributed by atoms with Crippen LogP contribution >= 0.6 is 0 Å². The van der Waals surface area contributed by atoms with Gasteiger partial charge >= 0.3 is 5.97 Å². The Labute approximate surface area is 162 Å². The van der Waals surface area contributed by atoms with E-state index in [1.165, 1.54) is 31.2 Å². The second-order valence-corrected chi connectivity index (χ2v) is 7.84. The first-order chi connectivity index (χ1) is 13.2. The lowest BCUT2D eigenvalue weighted by molar-refractivity contribution is -0.123. The number of esters is 1. The Morgan fingerprint density at radius 2 is 1.75 bits per heavy atom. The van der Waals surface area contributed by atoms with Crippen LogP contribution in [-0.2, 0) is 26.6 Å². The van der Waals surface area contributed by atoms with Crippen molar-refractivity contribution in [3.05, 3.63) is 60.3 Å². The third-order valence-corrected chi connectivity index (χ3v) is 5.15. The van der Waals surface area contributed by atoms with Gasteiger partial charge in [-0.15, -0.1) is 0 Å². The number of aryl methyl sites for hydroxylation is 1. The fourth-order valence-electron chi connectivity index (χ4n) is 2.75. The van der Waals surface area contributed by atoms with Crippen molar-refractivity contribution in [1.82, 2.24) is 4.57 Å². The number of aromatic nitrogens is 1. The molecule has 9 heteroatoms. The van der Waals surface area contributed by atoms with Crippen molar-refractivity contribution >= 4 is 38.5 Å². The van der Waals surface area contributed by atoms with Crippen LogP contribution in [0, 0.1) is 0 Å². The zero-order chi connectivity index (χ0) is 20.5. The molecule has 8 nitrogen and oxygen atoms in total. The predicted octanol–water partition coefficient (Wildman–Crippen LogP) is 2.01. The van der Waals surface area contributed by atoms with Crippen LogP contribution < -0.4 is 10.5 Å². The summed E-state index contributed by atoms with van der Waals surface area (Å²) in [6, 6.07) is 12.7. The highest BCUT2D eigenvalue weighted by atomic mass is 32.2. The normalized spacial score (nSPS) is 12.5. The van der Waals surface area contributed by atoms with Crippen molar-refractivity contribution in [3.63, 3.8) is 0 Å². The lowest BCUT2D eigenvalue weighted by atomic mass is 10.2. The van der Waals surface area contributed by atoms with E-state index in [4.69, 9.17) is 9.88 Å². The van der Waals surface area contributed by atoms with Crippen molar-refractivity contribution in [2.75, 3.05) is 5.32 Å². The number of sulfonamides is 1. The molecule has 3 rings (SSSR count). The molecule has 1 amide bonds. The molecule has 0 radical (unpaired) electrons. The van der Waals surface area contributed by atoms with Gasteiger partial charge < -0.3 is 14.6 Å². The monoisotopic (exact) mass is 401 g/mol. The first-order valence-corrected chi connectivity index (χ1v) is 9.90. The summed E-state index contributed by atoms with van der Waals surface area (Å²) in [6.07, 6.45) is 0.605. The number of hydrogen-bond acceptors (Lipinski definition) is 5. The standard InChI is InChI=1S/C19H19N3O5S/c1-12(18(23)21-13-7-9-14(10-8-13)28(20,25)26)27-19(24)16-11-22(2)17-6-4-3-5-15(16)17/h3-12H,1-2H3,(H,21,23)(H2,20,25,26)/t12-/m0/s1. The van der Waals surface area contributed by atoms with Crippen LogP contribution in [0.4, 0.5) is 5.69 Å². The predicted molar refractivity (Wildman–Crippen MR) is 104 cm³/mol. The quantitative estimate of drug-likeness (QED) is 0.634. The van der Waals surface area contributed by atoms with Gasteiger partial charge in [0.2, 0.25) is 10.0 Å². The van der Waals surface area contributed by atoms with Crippen LogP contribution in [0.15, 0.2) is 59.6 Å². The number of benzene rings is 2. The van der Waals surface area contributed by atoms with Gasteiger partial charge in [-0.25, -0.2) is 18.4 Å². The summed E-state index contributed by atoms with van der Waals surface area (Å²) >= 11 is 0. The van der Waals surface area contributed by atoms with Crippen LogP contribution in [0.25, 0.3) is 10.9 Å². The molecule has 0 spiro atoms. The maximum Gasteiger partial charge on any atom is 0.341 e. The van der Waals surface area contributed by atoms with E-state index in [0.717, 1.165) is 10.9 Å². The largest absolute Gasteiger partial charge is 0.449 e. The zero-order valence-electron chi connectivity index (χ0n) is 15.2. The summed E-state index contributed by atoms with van der Waals surface area (Å²) in [4.78, 5) is 24.7. The van der Waals surface area contributed by atoms with Gasteiger partial charge in [-0.2, -0.15) is 0 Å². The van der Waals surface area contributed by atoms with Crippen LogP contribution in [0.3, 0.4) is 0 Å². The number of para-hydroxylation sites is 1. The molecule has 3 N–H and O–H groups in total.